The van der Waals surface area contributed by atoms with Crippen molar-refractivity contribution in [3.8, 4) is 0 Å². The summed E-state index contributed by atoms with van der Waals surface area (Å²) in [4.78, 5) is 52.1. The van der Waals surface area contributed by atoms with Crippen LogP contribution in [-0.2, 0) is 25.6 Å². The Labute approximate surface area is 200 Å². The lowest BCUT2D eigenvalue weighted by atomic mass is 10.0. The Morgan fingerprint density at radius 3 is 2.21 bits per heavy atom. The van der Waals surface area contributed by atoms with E-state index < -0.39 is 60.6 Å². The zero-order chi connectivity index (χ0) is 25.4. The topological polar surface area (TPSA) is 207 Å². The third kappa shape index (κ3) is 6.93. The van der Waals surface area contributed by atoms with Crippen LogP contribution in [0.5, 0.6) is 0 Å². The molecule has 0 aliphatic heterocycles. The number of nitrogens with two attached hydrogens (primary N) is 1. The maximum absolute atomic E-state index is 13.0. The first kappa shape index (κ1) is 27.1. The number of carbonyl (C=O) groups excluding carboxylic acids is 3. The highest BCUT2D eigenvalue weighted by Gasteiger charge is 2.31. The number of hydrogen-bond acceptors (Lipinski definition) is 8. The summed E-state index contributed by atoms with van der Waals surface area (Å²) in [6.07, 6.45) is 0.496. The van der Waals surface area contributed by atoms with Crippen LogP contribution in [0.2, 0.25) is 0 Å². The molecule has 12 nitrogen and oxygen atoms in total. The summed E-state index contributed by atoms with van der Waals surface area (Å²) >= 11 is 3.85. The van der Waals surface area contributed by atoms with Gasteiger partial charge in [-0.2, -0.15) is 12.6 Å². The number of aromatic amines is 1. The van der Waals surface area contributed by atoms with Crippen molar-refractivity contribution in [3.05, 3.63) is 36.0 Å². The van der Waals surface area contributed by atoms with E-state index in [-0.39, 0.29) is 12.2 Å². The Bertz CT molecular complexity index is 1030. The van der Waals surface area contributed by atoms with Gasteiger partial charge < -0.3 is 42.0 Å². The third-order valence-electron chi connectivity index (χ3n) is 5.17. The Morgan fingerprint density at radius 1 is 1.03 bits per heavy atom. The molecule has 13 heteroatoms. The fraction of sp³-hybridized carbons (Fsp3) is 0.429. The quantitative estimate of drug-likeness (QED) is 0.148. The maximum atomic E-state index is 13.0. The minimum atomic E-state index is -1.48. The number of aliphatic carboxylic acids is 1. The van der Waals surface area contributed by atoms with Crippen LogP contribution in [0, 0.1) is 0 Å². The number of H-pyrrole nitrogens is 1. The van der Waals surface area contributed by atoms with Gasteiger partial charge in [-0.25, -0.2) is 4.79 Å². The number of amides is 3. The second kappa shape index (κ2) is 12.4. The van der Waals surface area contributed by atoms with Crippen LogP contribution in [0.15, 0.2) is 30.5 Å². The van der Waals surface area contributed by atoms with Crippen LogP contribution in [0.3, 0.4) is 0 Å². The molecule has 0 bridgehead atoms. The van der Waals surface area contributed by atoms with E-state index in [2.05, 4.69) is 33.6 Å². The molecule has 2 aromatic rings. The Balaban J connectivity index is 2.24. The molecule has 186 valence electrons. The average molecular weight is 496 g/mol. The zero-order valence-corrected chi connectivity index (χ0v) is 19.3. The van der Waals surface area contributed by atoms with Gasteiger partial charge in [0, 0.05) is 29.3 Å². The number of nitrogens with one attached hydrogen (secondary N) is 4. The van der Waals surface area contributed by atoms with Crippen molar-refractivity contribution >= 4 is 47.2 Å². The molecule has 34 heavy (non-hydrogen) atoms. The monoisotopic (exact) mass is 495 g/mol. The fourth-order valence-corrected chi connectivity index (χ4v) is 3.39. The van der Waals surface area contributed by atoms with Gasteiger partial charge in [-0.3, -0.25) is 14.4 Å². The number of hydrogen-bond donors (Lipinski definition) is 9. The minimum absolute atomic E-state index is 0.00226. The molecule has 3 amide bonds. The van der Waals surface area contributed by atoms with Gasteiger partial charge in [0.1, 0.15) is 24.2 Å². The lowest BCUT2D eigenvalue weighted by Crippen LogP contribution is -2.59. The first-order valence-electron chi connectivity index (χ1n) is 10.4. The summed E-state index contributed by atoms with van der Waals surface area (Å²) in [5.74, 6) is -4.08. The Morgan fingerprint density at radius 2 is 1.62 bits per heavy atom. The molecule has 9 N–H and O–H groups in total. The molecule has 1 heterocycles. The molecule has 0 spiro atoms. The van der Waals surface area contributed by atoms with Gasteiger partial charge >= 0.3 is 5.97 Å². The number of rotatable bonds is 12. The van der Waals surface area contributed by atoms with Crippen molar-refractivity contribution in [2.45, 2.75) is 43.6 Å². The van der Waals surface area contributed by atoms with E-state index in [0.29, 0.717) is 5.56 Å². The van der Waals surface area contributed by atoms with E-state index >= 15 is 0 Å². The van der Waals surface area contributed by atoms with E-state index in [1.807, 2.05) is 24.3 Å². The molecule has 5 unspecified atom stereocenters. The smallest absolute Gasteiger partial charge is 0.327 e. The number of para-hydroxylation sites is 1. The number of thiol groups is 1. The minimum Gasteiger partial charge on any atom is -0.480 e. The van der Waals surface area contributed by atoms with Crippen molar-refractivity contribution in [3.63, 3.8) is 0 Å². The SMILES string of the molecule is CC(O)C(N)C(=O)NC(Cc1c[nH]c2ccccc12)C(=O)NC(CO)C(=O)NC(CS)C(=O)O. The van der Waals surface area contributed by atoms with Crippen molar-refractivity contribution < 1.29 is 34.5 Å². The molecule has 0 aliphatic rings. The lowest BCUT2D eigenvalue weighted by Gasteiger charge is -2.24. The molecule has 5 atom stereocenters. The summed E-state index contributed by atoms with van der Waals surface area (Å²) < 4.78 is 0. The number of benzene rings is 1. The standard InChI is InChI=1S/C21H29N5O7S/c1-10(28)17(22)20(31)24-14(6-11-7-23-13-5-3-2-4-12(11)13)18(29)25-15(8-27)19(30)26-16(9-34)21(32)33/h2-5,7,10,14-17,23,27-28,34H,6,8-9,22H2,1H3,(H,24,31)(H,25,29)(H,26,30)(H,32,33). The van der Waals surface area contributed by atoms with E-state index in [4.69, 9.17) is 10.8 Å². The normalized spacial score (nSPS) is 15.6. The molecule has 0 aliphatic carbocycles. The number of carboxylic acids is 1. The van der Waals surface area contributed by atoms with Gasteiger partial charge in [0.2, 0.25) is 17.7 Å². The second-order valence-corrected chi connectivity index (χ2v) is 8.08. The van der Waals surface area contributed by atoms with Crippen LogP contribution in [0.1, 0.15) is 12.5 Å². The maximum Gasteiger partial charge on any atom is 0.327 e. The van der Waals surface area contributed by atoms with Crippen molar-refractivity contribution in [2.75, 3.05) is 12.4 Å². The largest absolute Gasteiger partial charge is 0.480 e. The van der Waals surface area contributed by atoms with Crippen LogP contribution in [-0.4, -0.2) is 86.6 Å². The van der Waals surface area contributed by atoms with Gasteiger partial charge in [-0.15, -0.1) is 0 Å². The van der Waals surface area contributed by atoms with Crippen molar-refractivity contribution in [1.29, 1.82) is 0 Å². The number of carboxylic acid groups (broad SMARTS) is 1. The van der Waals surface area contributed by atoms with Gasteiger partial charge in [0.15, 0.2) is 0 Å². The Hall–Kier alpha value is -3.13. The summed E-state index contributed by atoms with van der Waals surface area (Å²) in [6, 6.07) is 1.96. The van der Waals surface area contributed by atoms with Gasteiger partial charge in [-0.05, 0) is 18.6 Å². The summed E-state index contributed by atoms with van der Waals surface area (Å²) in [7, 11) is 0. The number of aliphatic hydroxyl groups excluding tert-OH is 2. The average Bonchev–Trinajstić information content (AvgIpc) is 3.22. The van der Waals surface area contributed by atoms with Gasteiger partial charge in [-0.1, -0.05) is 18.2 Å². The fourth-order valence-electron chi connectivity index (χ4n) is 3.14. The predicted molar refractivity (Wildman–Crippen MR) is 126 cm³/mol. The van der Waals surface area contributed by atoms with E-state index in [1.54, 1.807) is 6.20 Å². The summed E-state index contributed by atoms with van der Waals surface area (Å²) in [5.41, 5.74) is 7.18. The molecule has 0 saturated carbocycles. The first-order valence-corrected chi connectivity index (χ1v) is 11.1. The summed E-state index contributed by atoms with van der Waals surface area (Å²) in [5, 5.41) is 36.1. The molecule has 0 radical (unpaired) electrons. The van der Waals surface area contributed by atoms with E-state index in [1.165, 1.54) is 6.92 Å². The van der Waals surface area contributed by atoms with Crippen molar-refractivity contribution in [1.82, 2.24) is 20.9 Å². The predicted octanol–water partition coefficient (Wildman–Crippen LogP) is -2.12. The first-order chi connectivity index (χ1) is 16.1. The number of aromatic nitrogens is 1. The van der Waals surface area contributed by atoms with Crippen LogP contribution in [0.25, 0.3) is 10.9 Å². The molecular formula is C21H29N5O7S. The summed E-state index contributed by atoms with van der Waals surface area (Å²) in [6.45, 7) is 0.503. The molecule has 0 fully saturated rings. The highest BCUT2D eigenvalue weighted by molar-refractivity contribution is 7.80. The van der Waals surface area contributed by atoms with Crippen LogP contribution >= 0.6 is 12.6 Å². The molecule has 0 saturated heterocycles. The molecule has 1 aromatic heterocycles. The van der Waals surface area contributed by atoms with Gasteiger partial charge in [0.25, 0.3) is 0 Å². The number of carbonyl (C=O) groups is 4. The lowest BCUT2D eigenvalue weighted by molar-refractivity contribution is -0.142. The van der Waals surface area contributed by atoms with Crippen LogP contribution in [0.4, 0.5) is 0 Å². The number of aliphatic hydroxyl groups is 2. The molecular weight excluding hydrogens is 466 g/mol. The molecule has 1 aromatic carbocycles. The van der Waals surface area contributed by atoms with Gasteiger partial charge in [0.05, 0.1) is 12.7 Å². The van der Waals surface area contributed by atoms with E-state index in [9.17, 15) is 29.4 Å². The highest BCUT2D eigenvalue weighted by atomic mass is 32.1. The van der Waals surface area contributed by atoms with E-state index in [0.717, 1.165) is 10.9 Å². The second-order valence-electron chi connectivity index (χ2n) is 7.72. The Kier molecular flexibility index (Phi) is 9.86. The van der Waals surface area contributed by atoms with Crippen molar-refractivity contribution in [2.24, 2.45) is 5.73 Å². The molecule has 2 rings (SSSR count). The zero-order valence-electron chi connectivity index (χ0n) is 18.4. The third-order valence-corrected chi connectivity index (χ3v) is 5.53. The van der Waals surface area contributed by atoms with Crippen LogP contribution < -0.4 is 21.7 Å². The highest BCUT2D eigenvalue weighted by Crippen LogP contribution is 2.19. The number of fused-ring (bicyclic) bond motifs is 1.